The number of ether oxygens (including phenoxy) is 1. The number of carbonyl (C=O) groups excluding carboxylic acids is 2. The van der Waals surface area contributed by atoms with Crippen LogP contribution in [0.15, 0.2) is 29.2 Å². The molecule has 0 saturated carbocycles. The molecule has 1 aliphatic rings. The lowest BCUT2D eigenvalue weighted by atomic mass is 10.2. The van der Waals surface area contributed by atoms with E-state index in [1.807, 2.05) is 0 Å². The van der Waals surface area contributed by atoms with Crippen molar-refractivity contribution in [1.29, 1.82) is 0 Å². The molecule has 1 saturated heterocycles. The number of amides is 2. The van der Waals surface area contributed by atoms with Crippen LogP contribution in [0.4, 0.5) is 0 Å². The van der Waals surface area contributed by atoms with E-state index in [4.69, 9.17) is 4.74 Å². The summed E-state index contributed by atoms with van der Waals surface area (Å²) in [7, 11) is -2.09. The second kappa shape index (κ2) is 8.50. The second-order valence-corrected chi connectivity index (χ2v) is 7.99. The Labute approximate surface area is 154 Å². The summed E-state index contributed by atoms with van der Waals surface area (Å²) in [5.74, 6) is 0.197. The van der Waals surface area contributed by atoms with Crippen molar-refractivity contribution in [3.8, 4) is 5.75 Å². The maximum absolute atomic E-state index is 12.7. The summed E-state index contributed by atoms with van der Waals surface area (Å²) in [6.07, 6.45) is 0.311. The van der Waals surface area contributed by atoms with Gasteiger partial charge in [-0.05, 0) is 31.2 Å². The van der Waals surface area contributed by atoms with Crippen molar-refractivity contribution in [2.75, 3.05) is 33.3 Å². The van der Waals surface area contributed by atoms with Gasteiger partial charge in [-0.2, -0.15) is 4.31 Å². The van der Waals surface area contributed by atoms with Crippen molar-refractivity contribution in [2.45, 2.75) is 31.2 Å². The zero-order valence-electron chi connectivity index (χ0n) is 15.3. The van der Waals surface area contributed by atoms with Crippen LogP contribution in [0.1, 0.15) is 20.3 Å². The topological polar surface area (TPSA) is 96.0 Å². The first-order chi connectivity index (χ1) is 12.3. The van der Waals surface area contributed by atoms with Gasteiger partial charge in [0.15, 0.2) is 0 Å². The Bertz CT molecular complexity index is 740. The molecular weight excluding hydrogens is 358 g/mol. The number of nitrogens with zero attached hydrogens (tertiary/aromatic N) is 2. The van der Waals surface area contributed by atoms with Gasteiger partial charge in [0.05, 0.1) is 12.0 Å². The number of hydrogen-bond acceptors (Lipinski definition) is 5. The maximum atomic E-state index is 12.7. The van der Waals surface area contributed by atoms with Crippen molar-refractivity contribution < 1.29 is 22.7 Å². The first-order valence-corrected chi connectivity index (χ1v) is 9.96. The van der Waals surface area contributed by atoms with E-state index in [0.29, 0.717) is 25.3 Å². The van der Waals surface area contributed by atoms with Crippen LogP contribution in [0, 0.1) is 0 Å². The number of methoxy groups -OCH3 is 1. The monoisotopic (exact) mass is 383 g/mol. The largest absolute Gasteiger partial charge is 0.497 e. The molecule has 1 aliphatic heterocycles. The summed E-state index contributed by atoms with van der Waals surface area (Å²) in [6.45, 7) is 4.37. The van der Waals surface area contributed by atoms with Gasteiger partial charge >= 0.3 is 0 Å². The molecule has 0 bridgehead atoms. The quantitative estimate of drug-likeness (QED) is 0.769. The van der Waals surface area contributed by atoms with Crippen molar-refractivity contribution in [3.63, 3.8) is 0 Å². The molecule has 1 aromatic carbocycles. The fraction of sp³-hybridized carbons (Fsp3) is 0.529. The van der Waals surface area contributed by atoms with Crippen LogP contribution >= 0.6 is 0 Å². The molecule has 0 spiro atoms. The van der Waals surface area contributed by atoms with Crippen LogP contribution in [0.5, 0.6) is 5.75 Å². The van der Waals surface area contributed by atoms with E-state index in [1.54, 1.807) is 30.9 Å². The molecule has 0 aromatic heterocycles. The van der Waals surface area contributed by atoms with Gasteiger partial charge in [0.1, 0.15) is 11.8 Å². The third-order valence-corrected chi connectivity index (χ3v) is 6.23. The highest BCUT2D eigenvalue weighted by molar-refractivity contribution is 7.89. The first-order valence-electron chi connectivity index (χ1n) is 8.52. The molecule has 1 atom stereocenters. The van der Waals surface area contributed by atoms with Gasteiger partial charge in [-0.3, -0.25) is 9.59 Å². The molecule has 9 heteroatoms. The highest BCUT2D eigenvalue weighted by Gasteiger charge is 2.31. The molecule has 0 aliphatic carbocycles. The SMILES string of the molecule is CCC(=O)N[C@H](C)C(=O)N1CCN(S(=O)(=O)c2ccc(OC)cc2)CC1. The lowest BCUT2D eigenvalue weighted by Gasteiger charge is -2.35. The Morgan fingerprint density at radius 3 is 2.23 bits per heavy atom. The maximum Gasteiger partial charge on any atom is 0.244 e. The van der Waals surface area contributed by atoms with Gasteiger partial charge in [0, 0.05) is 32.6 Å². The molecule has 26 heavy (non-hydrogen) atoms. The van der Waals surface area contributed by atoms with Crippen LogP contribution in [-0.2, 0) is 19.6 Å². The van der Waals surface area contributed by atoms with Gasteiger partial charge < -0.3 is 15.0 Å². The molecule has 0 unspecified atom stereocenters. The Kier molecular flexibility index (Phi) is 6.60. The predicted molar refractivity (Wildman–Crippen MR) is 96.2 cm³/mol. The van der Waals surface area contributed by atoms with Gasteiger partial charge in [0.25, 0.3) is 0 Å². The molecule has 1 fully saturated rings. The minimum Gasteiger partial charge on any atom is -0.497 e. The van der Waals surface area contributed by atoms with E-state index in [-0.39, 0.29) is 29.8 Å². The fourth-order valence-corrected chi connectivity index (χ4v) is 4.15. The number of rotatable bonds is 6. The molecule has 144 valence electrons. The van der Waals surface area contributed by atoms with Gasteiger partial charge in [-0.1, -0.05) is 6.92 Å². The van der Waals surface area contributed by atoms with Gasteiger partial charge in [0.2, 0.25) is 21.8 Å². The molecule has 0 radical (unpaired) electrons. The molecule has 1 aromatic rings. The van der Waals surface area contributed by atoms with E-state index in [0.717, 1.165) is 0 Å². The standard InChI is InChI=1S/C17H25N3O5S/c1-4-16(21)18-13(2)17(22)19-9-11-20(12-10-19)26(23,24)15-7-5-14(25-3)6-8-15/h5-8,13H,4,9-12H2,1-3H3,(H,18,21)/t13-/m1/s1. The summed E-state index contributed by atoms with van der Waals surface area (Å²) >= 11 is 0. The fourth-order valence-electron chi connectivity index (χ4n) is 2.72. The zero-order chi connectivity index (χ0) is 19.3. The third-order valence-electron chi connectivity index (χ3n) is 4.32. The van der Waals surface area contributed by atoms with E-state index < -0.39 is 16.1 Å². The summed E-state index contributed by atoms with van der Waals surface area (Å²) in [6, 6.07) is 5.60. The third kappa shape index (κ3) is 4.53. The molecule has 1 N–H and O–H groups in total. The molecule has 8 nitrogen and oxygen atoms in total. The zero-order valence-corrected chi connectivity index (χ0v) is 16.1. The lowest BCUT2D eigenvalue weighted by Crippen LogP contribution is -2.55. The average Bonchev–Trinajstić information content (AvgIpc) is 2.67. The van der Waals surface area contributed by atoms with Crippen LogP contribution in [0.25, 0.3) is 0 Å². The van der Waals surface area contributed by atoms with Crippen molar-refractivity contribution >= 4 is 21.8 Å². The highest BCUT2D eigenvalue weighted by atomic mass is 32.2. The summed E-state index contributed by atoms with van der Waals surface area (Å²) in [5, 5.41) is 2.63. The van der Waals surface area contributed by atoms with Crippen molar-refractivity contribution in [3.05, 3.63) is 24.3 Å². The number of carbonyl (C=O) groups is 2. The van der Waals surface area contributed by atoms with Gasteiger partial charge in [-0.15, -0.1) is 0 Å². The van der Waals surface area contributed by atoms with Gasteiger partial charge in [-0.25, -0.2) is 8.42 Å². The number of nitrogens with one attached hydrogen (secondary N) is 1. The summed E-state index contributed by atoms with van der Waals surface area (Å²) in [5.41, 5.74) is 0. The Morgan fingerprint density at radius 2 is 1.73 bits per heavy atom. The van der Waals surface area contributed by atoms with Crippen LogP contribution in [-0.4, -0.2) is 68.8 Å². The van der Waals surface area contributed by atoms with Crippen LogP contribution in [0.3, 0.4) is 0 Å². The van der Waals surface area contributed by atoms with E-state index in [9.17, 15) is 18.0 Å². The van der Waals surface area contributed by atoms with Crippen LogP contribution < -0.4 is 10.1 Å². The predicted octanol–water partition coefficient (Wildman–Crippen LogP) is 0.443. The molecule has 2 amide bonds. The number of sulfonamides is 1. The Balaban J connectivity index is 1.98. The van der Waals surface area contributed by atoms with Crippen LogP contribution in [0.2, 0.25) is 0 Å². The molecule has 2 rings (SSSR count). The lowest BCUT2D eigenvalue weighted by molar-refractivity contribution is -0.136. The normalized spacial score (nSPS) is 16.8. The number of hydrogen-bond donors (Lipinski definition) is 1. The molecular formula is C17H25N3O5S. The number of piperazine rings is 1. The Hall–Kier alpha value is -2.13. The van der Waals surface area contributed by atoms with E-state index in [1.165, 1.54) is 23.5 Å². The highest BCUT2D eigenvalue weighted by Crippen LogP contribution is 2.20. The average molecular weight is 383 g/mol. The summed E-state index contributed by atoms with van der Waals surface area (Å²) in [4.78, 5) is 25.6. The minimum absolute atomic E-state index is 0.188. The summed E-state index contributed by atoms with van der Waals surface area (Å²) < 4.78 is 31.8. The number of benzene rings is 1. The second-order valence-electron chi connectivity index (χ2n) is 6.05. The van der Waals surface area contributed by atoms with E-state index in [2.05, 4.69) is 5.32 Å². The minimum atomic E-state index is -3.61. The van der Waals surface area contributed by atoms with E-state index >= 15 is 0 Å². The van der Waals surface area contributed by atoms with Crippen molar-refractivity contribution in [2.24, 2.45) is 0 Å². The Morgan fingerprint density at radius 1 is 1.15 bits per heavy atom. The van der Waals surface area contributed by atoms with Crippen molar-refractivity contribution in [1.82, 2.24) is 14.5 Å². The smallest absolute Gasteiger partial charge is 0.244 e. The first kappa shape index (κ1) is 20.2. The molecule has 1 heterocycles.